The topological polar surface area (TPSA) is 0 Å². The number of hydrogen-bond acceptors (Lipinski definition) is 0. The molecule has 0 amide bonds. The summed E-state index contributed by atoms with van der Waals surface area (Å²) in [6.07, 6.45) is 8.04. The van der Waals surface area contributed by atoms with Gasteiger partial charge in [0.05, 0.1) is 0 Å². The normalized spacial score (nSPS) is 17.6. The molecule has 0 atom stereocenters. The van der Waals surface area contributed by atoms with Crippen LogP contribution in [0, 0.1) is 5.92 Å². The van der Waals surface area contributed by atoms with E-state index in [0.29, 0.717) is 0 Å². The van der Waals surface area contributed by atoms with Gasteiger partial charge in [-0.2, -0.15) is 0 Å². The molecule has 0 N–H and O–H groups in total. The van der Waals surface area contributed by atoms with E-state index in [2.05, 4.69) is 36.9 Å². The molecule has 80 valence electrons. The molecular weight excluding hydrogens is 180 g/mol. The van der Waals surface area contributed by atoms with Crippen LogP contribution >= 0.6 is 0 Å². The summed E-state index contributed by atoms with van der Waals surface area (Å²) in [5, 5.41) is 0. The summed E-state index contributed by atoms with van der Waals surface area (Å²) in [6, 6.07) is 10.7. The van der Waals surface area contributed by atoms with Gasteiger partial charge in [-0.05, 0) is 30.7 Å². The Morgan fingerprint density at radius 2 is 1.73 bits per heavy atom. The first-order chi connectivity index (χ1) is 7.36. The second-order valence-corrected chi connectivity index (χ2v) is 4.66. The second kappa shape index (κ2) is 5.16. The molecule has 1 aromatic rings. The highest BCUT2D eigenvalue weighted by Gasteiger charge is 2.16. The first kappa shape index (κ1) is 10.5. The van der Waals surface area contributed by atoms with Crippen LogP contribution in [0.4, 0.5) is 0 Å². The van der Waals surface area contributed by atoms with E-state index in [1.807, 2.05) is 0 Å². The van der Waals surface area contributed by atoms with Gasteiger partial charge < -0.3 is 0 Å². The standard InChI is InChI=1S/C15H20/c1-13(15-10-6-3-7-11-15)12-14-8-4-2-5-9-14/h2,4-5,8-9,15H,1,3,6-7,10-12H2. The lowest BCUT2D eigenvalue weighted by Gasteiger charge is -2.23. The van der Waals surface area contributed by atoms with Crippen molar-refractivity contribution in [3.63, 3.8) is 0 Å². The Labute approximate surface area is 93.0 Å². The fourth-order valence-corrected chi connectivity index (χ4v) is 2.51. The maximum Gasteiger partial charge on any atom is -0.00670 e. The summed E-state index contributed by atoms with van der Waals surface area (Å²) in [4.78, 5) is 0. The van der Waals surface area contributed by atoms with Crippen LogP contribution in [0.5, 0.6) is 0 Å². The number of rotatable bonds is 3. The van der Waals surface area contributed by atoms with Gasteiger partial charge in [0, 0.05) is 0 Å². The van der Waals surface area contributed by atoms with Crippen LogP contribution in [-0.4, -0.2) is 0 Å². The SMILES string of the molecule is C=C(Cc1ccccc1)C1CCCCC1. The molecule has 1 fully saturated rings. The highest BCUT2D eigenvalue weighted by Crippen LogP contribution is 2.30. The highest BCUT2D eigenvalue weighted by atomic mass is 14.2. The first-order valence-corrected chi connectivity index (χ1v) is 6.08. The lowest BCUT2D eigenvalue weighted by molar-refractivity contribution is 0.399. The van der Waals surface area contributed by atoms with Crippen LogP contribution in [0.25, 0.3) is 0 Å². The lowest BCUT2D eigenvalue weighted by Crippen LogP contribution is -2.10. The van der Waals surface area contributed by atoms with Gasteiger partial charge in [-0.15, -0.1) is 0 Å². The van der Waals surface area contributed by atoms with Gasteiger partial charge in [0.25, 0.3) is 0 Å². The van der Waals surface area contributed by atoms with Crippen LogP contribution in [0.1, 0.15) is 37.7 Å². The van der Waals surface area contributed by atoms with Gasteiger partial charge in [0.1, 0.15) is 0 Å². The van der Waals surface area contributed by atoms with E-state index >= 15 is 0 Å². The van der Waals surface area contributed by atoms with E-state index in [4.69, 9.17) is 0 Å². The maximum absolute atomic E-state index is 4.27. The molecule has 0 aliphatic heterocycles. The Morgan fingerprint density at radius 3 is 2.40 bits per heavy atom. The largest absolute Gasteiger partial charge is 0.0992 e. The van der Waals surface area contributed by atoms with E-state index in [1.165, 1.54) is 43.2 Å². The average molecular weight is 200 g/mol. The minimum Gasteiger partial charge on any atom is -0.0992 e. The fourth-order valence-electron chi connectivity index (χ4n) is 2.51. The molecule has 2 rings (SSSR count). The molecule has 0 radical (unpaired) electrons. The molecule has 0 bridgehead atoms. The number of hydrogen-bond donors (Lipinski definition) is 0. The van der Waals surface area contributed by atoms with E-state index < -0.39 is 0 Å². The van der Waals surface area contributed by atoms with Crippen molar-refractivity contribution in [1.82, 2.24) is 0 Å². The van der Waals surface area contributed by atoms with E-state index in [1.54, 1.807) is 0 Å². The Balaban J connectivity index is 1.91. The van der Waals surface area contributed by atoms with Crippen molar-refractivity contribution in [1.29, 1.82) is 0 Å². The minimum atomic E-state index is 0.791. The zero-order valence-corrected chi connectivity index (χ0v) is 9.41. The fraction of sp³-hybridized carbons (Fsp3) is 0.467. The molecule has 1 saturated carbocycles. The van der Waals surface area contributed by atoms with Gasteiger partial charge in [0.2, 0.25) is 0 Å². The van der Waals surface area contributed by atoms with Crippen molar-refractivity contribution in [3.05, 3.63) is 48.0 Å². The van der Waals surface area contributed by atoms with Crippen molar-refractivity contribution >= 4 is 0 Å². The smallest absolute Gasteiger partial charge is 0.00670 e. The van der Waals surface area contributed by atoms with Crippen molar-refractivity contribution in [3.8, 4) is 0 Å². The Bertz CT molecular complexity index is 304. The third-order valence-electron chi connectivity index (χ3n) is 3.46. The van der Waals surface area contributed by atoms with Gasteiger partial charge >= 0.3 is 0 Å². The number of benzene rings is 1. The molecule has 0 aromatic heterocycles. The summed E-state index contributed by atoms with van der Waals surface area (Å²) in [7, 11) is 0. The molecule has 0 spiro atoms. The monoisotopic (exact) mass is 200 g/mol. The predicted octanol–water partition coefficient (Wildman–Crippen LogP) is 4.37. The van der Waals surface area contributed by atoms with Gasteiger partial charge in [-0.3, -0.25) is 0 Å². The molecule has 0 nitrogen and oxygen atoms in total. The van der Waals surface area contributed by atoms with Crippen LogP contribution < -0.4 is 0 Å². The Morgan fingerprint density at radius 1 is 1.07 bits per heavy atom. The summed E-state index contributed by atoms with van der Waals surface area (Å²) < 4.78 is 0. The first-order valence-electron chi connectivity index (χ1n) is 6.08. The van der Waals surface area contributed by atoms with Crippen molar-refractivity contribution in [2.45, 2.75) is 38.5 Å². The third-order valence-corrected chi connectivity index (χ3v) is 3.46. The number of allylic oxidation sites excluding steroid dienone is 1. The van der Waals surface area contributed by atoms with E-state index in [9.17, 15) is 0 Å². The Kier molecular flexibility index (Phi) is 3.60. The molecule has 0 unspecified atom stereocenters. The average Bonchev–Trinajstić information content (AvgIpc) is 2.31. The maximum atomic E-state index is 4.27. The van der Waals surface area contributed by atoms with Crippen LogP contribution in [-0.2, 0) is 6.42 Å². The summed E-state index contributed by atoms with van der Waals surface area (Å²) >= 11 is 0. The lowest BCUT2D eigenvalue weighted by atomic mass is 9.82. The summed E-state index contributed by atoms with van der Waals surface area (Å²) in [5.41, 5.74) is 2.86. The van der Waals surface area contributed by atoms with Crippen LogP contribution in [0.15, 0.2) is 42.5 Å². The van der Waals surface area contributed by atoms with Gasteiger partial charge in [0.15, 0.2) is 0 Å². The predicted molar refractivity (Wildman–Crippen MR) is 65.9 cm³/mol. The van der Waals surface area contributed by atoms with Crippen molar-refractivity contribution in [2.75, 3.05) is 0 Å². The molecule has 1 aliphatic rings. The third kappa shape index (κ3) is 2.95. The quantitative estimate of drug-likeness (QED) is 0.636. The highest BCUT2D eigenvalue weighted by molar-refractivity contribution is 5.21. The minimum absolute atomic E-state index is 0.791. The van der Waals surface area contributed by atoms with Gasteiger partial charge in [-0.25, -0.2) is 0 Å². The zero-order chi connectivity index (χ0) is 10.5. The molecular formula is C15H20. The van der Waals surface area contributed by atoms with Crippen molar-refractivity contribution < 1.29 is 0 Å². The molecule has 1 aliphatic carbocycles. The van der Waals surface area contributed by atoms with Crippen LogP contribution in [0.3, 0.4) is 0 Å². The van der Waals surface area contributed by atoms with Crippen LogP contribution in [0.2, 0.25) is 0 Å². The molecule has 0 heteroatoms. The molecule has 1 aromatic carbocycles. The Hall–Kier alpha value is -1.04. The molecule has 0 heterocycles. The van der Waals surface area contributed by atoms with E-state index in [-0.39, 0.29) is 0 Å². The summed E-state index contributed by atoms with van der Waals surface area (Å²) in [6.45, 7) is 4.27. The van der Waals surface area contributed by atoms with Crippen molar-refractivity contribution in [2.24, 2.45) is 5.92 Å². The van der Waals surface area contributed by atoms with E-state index in [0.717, 1.165) is 12.3 Å². The summed E-state index contributed by atoms with van der Waals surface area (Å²) in [5.74, 6) is 0.791. The molecule has 0 saturated heterocycles. The zero-order valence-electron chi connectivity index (χ0n) is 9.41. The molecule has 15 heavy (non-hydrogen) atoms. The van der Waals surface area contributed by atoms with Gasteiger partial charge in [-0.1, -0.05) is 61.7 Å². The second-order valence-electron chi connectivity index (χ2n) is 4.66.